The van der Waals surface area contributed by atoms with Crippen LogP contribution >= 0.6 is 0 Å². The van der Waals surface area contributed by atoms with Crippen LogP contribution < -0.4 is 16.0 Å². The molecule has 0 aromatic heterocycles. The highest BCUT2D eigenvalue weighted by Crippen LogP contribution is 2.36. The Hall–Kier alpha value is -5.51. The van der Waals surface area contributed by atoms with Crippen molar-refractivity contribution in [1.29, 1.82) is 0 Å². The zero-order valence-corrected chi connectivity index (χ0v) is 28.7. The molecular weight excluding hydrogens is 665 g/mol. The average Bonchev–Trinajstić information content (AvgIpc) is 3.63. The van der Waals surface area contributed by atoms with Crippen molar-refractivity contribution < 1.29 is 27.6 Å². The van der Waals surface area contributed by atoms with Crippen LogP contribution in [0.3, 0.4) is 0 Å². The van der Waals surface area contributed by atoms with Gasteiger partial charge < -0.3 is 16.0 Å². The molecule has 268 valence electrons. The van der Waals surface area contributed by atoms with Crippen LogP contribution in [-0.2, 0) is 27.1 Å². The fraction of sp³-hybridized carbons (Fsp3) is 0.286. The third-order valence-corrected chi connectivity index (χ3v) is 10.0. The first-order chi connectivity index (χ1) is 25.0. The minimum atomic E-state index is -4.45. The summed E-state index contributed by atoms with van der Waals surface area (Å²) in [5, 5.41) is 2.93. The SMILES string of the molecule is C=CCC(C(N)=O)C(CC1CCCC1)C(=O)NC1N=C(c2ccccc2)c2ccccc2N(Cc2cccc(-c3ccc(C(F)(F)F)cc3)c2)C1=O. The normalized spacial score (nSPS) is 17.4. The number of carbonyl (C=O) groups excluding carboxylic acids is 3. The summed E-state index contributed by atoms with van der Waals surface area (Å²) in [6.07, 6.45) is 0.514. The van der Waals surface area contributed by atoms with Crippen LogP contribution in [0.15, 0.2) is 121 Å². The molecule has 1 aliphatic carbocycles. The Morgan fingerprint density at radius 1 is 0.885 bits per heavy atom. The number of fused-ring (bicyclic) bond motifs is 1. The van der Waals surface area contributed by atoms with Gasteiger partial charge in [-0.1, -0.05) is 111 Å². The van der Waals surface area contributed by atoms with Crippen molar-refractivity contribution in [3.8, 4) is 11.1 Å². The first-order valence-corrected chi connectivity index (χ1v) is 17.5. The summed E-state index contributed by atoms with van der Waals surface area (Å²) in [6, 6.07) is 29.0. The maximum Gasteiger partial charge on any atom is 0.416 e. The van der Waals surface area contributed by atoms with Gasteiger partial charge >= 0.3 is 6.18 Å². The summed E-state index contributed by atoms with van der Waals surface area (Å²) >= 11 is 0. The van der Waals surface area contributed by atoms with E-state index in [9.17, 15) is 27.6 Å². The van der Waals surface area contributed by atoms with Crippen molar-refractivity contribution in [3.63, 3.8) is 0 Å². The molecular formula is C42H41F3N4O3. The molecule has 1 aliphatic heterocycles. The number of hydrogen-bond donors (Lipinski definition) is 2. The van der Waals surface area contributed by atoms with Gasteiger partial charge in [0.25, 0.3) is 5.91 Å². The number of halogens is 3. The van der Waals surface area contributed by atoms with Gasteiger partial charge in [-0.2, -0.15) is 13.2 Å². The molecule has 10 heteroatoms. The topological polar surface area (TPSA) is 105 Å². The lowest BCUT2D eigenvalue weighted by Crippen LogP contribution is -2.50. The fourth-order valence-electron chi connectivity index (χ4n) is 7.36. The molecule has 0 saturated heterocycles. The van der Waals surface area contributed by atoms with E-state index in [1.807, 2.05) is 66.7 Å². The summed E-state index contributed by atoms with van der Waals surface area (Å²) in [7, 11) is 0. The second kappa shape index (κ2) is 15.8. The quantitative estimate of drug-likeness (QED) is 0.146. The van der Waals surface area contributed by atoms with Gasteiger partial charge in [-0.05, 0) is 59.7 Å². The number of nitrogens with one attached hydrogen (secondary N) is 1. The fourth-order valence-corrected chi connectivity index (χ4v) is 7.36. The first-order valence-electron chi connectivity index (χ1n) is 17.5. The number of hydrogen-bond acceptors (Lipinski definition) is 4. The molecule has 0 radical (unpaired) electrons. The number of amides is 3. The van der Waals surface area contributed by atoms with Crippen LogP contribution in [0.4, 0.5) is 18.9 Å². The lowest BCUT2D eigenvalue weighted by Gasteiger charge is -2.29. The van der Waals surface area contributed by atoms with Gasteiger partial charge in [0, 0.05) is 11.1 Å². The predicted octanol–water partition coefficient (Wildman–Crippen LogP) is 8.07. The highest BCUT2D eigenvalue weighted by Gasteiger charge is 2.39. The van der Waals surface area contributed by atoms with E-state index in [2.05, 4.69) is 11.9 Å². The first kappa shape index (κ1) is 36.3. The van der Waals surface area contributed by atoms with Gasteiger partial charge in [0.15, 0.2) is 0 Å². The molecule has 7 nitrogen and oxygen atoms in total. The summed E-state index contributed by atoms with van der Waals surface area (Å²) < 4.78 is 39.7. The van der Waals surface area contributed by atoms with Crippen molar-refractivity contribution in [1.82, 2.24) is 5.32 Å². The smallest absolute Gasteiger partial charge is 0.369 e. The molecule has 1 heterocycles. The van der Waals surface area contributed by atoms with Crippen molar-refractivity contribution >= 4 is 29.1 Å². The number of nitrogens with two attached hydrogens (primary N) is 1. The second-order valence-electron chi connectivity index (χ2n) is 13.5. The molecule has 3 amide bonds. The number of nitrogens with zero attached hydrogens (tertiary/aromatic N) is 2. The highest BCUT2D eigenvalue weighted by atomic mass is 19.4. The number of allylic oxidation sites excluding steroid dienone is 1. The van der Waals surface area contributed by atoms with Gasteiger partial charge in [0.2, 0.25) is 18.0 Å². The average molecular weight is 707 g/mol. The molecule has 4 aromatic carbocycles. The van der Waals surface area contributed by atoms with Crippen LogP contribution in [0.2, 0.25) is 0 Å². The summed E-state index contributed by atoms with van der Waals surface area (Å²) in [5.41, 5.74) is 9.62. The predicted molar refractivity (Wildman–Crippen MR) is 196 cm³/mol. The van der Waals surface area contributed by atoms with Crippen molar-refractivity contribution in [2.75, 3.05) is 4.90 Å². The van der Waals surface area contributed by atoms with Crippen LogP contribution in [0.5, 0.6) is 0 Å². The Morgan fingerprint density at radius 2 is 1.56 bits per heavy atom. The van der Waals surface area contributed by atoms with E-state index in [-0.39, 0.29) is 18.9 Å². The van der Waals surface area contributed by atoms with Crippen LogP contribution in [0.1, 0.15) is 60.8 Å². The number of primary amides is 1. The third-order valence-electron chi connectivity index (χ3n) is 10.0. The van der Waals surface area contributed by atoms with E-state index in [4.69, 9.17) is 10.7 Å². The van der Waals surface area contributed by atoms with E-state index in [1.54, 1.807) is 23.1 Å². The molecule has 0 bridgehead atoms. The van der Waals surface area contributed by atoms with E-state index in [1.165, 1.54) is 12.1 Å². The van der Waals surface area contributed by atoms with Gasteiger partial charge in [-0.25, -0.2) is 4.99 Å². The standard InChI is InChI=1S/C42H41F3N4O3/c1-2-11-33(38(46)50)35(25-27-12-6-7-13-27)40(51)48-39-41(52)49(36-19-9-8-18-34(36)37(47-39)30-15-4-3-5-16-30)26-28-14-10-17-31(24-28)29-20-22-32(23-21-29)42(43,44)45/h2-5,8-10,14-24,27,33,35,39H,1,6-7,11-13,25-26H2,(H2,46,50)(H,48,51). The zero-order chi connectivity index (χ0) is 36.8. The molecule has 4 aromatic rings. The molecule has 1 saturated carbocycles. The number of alkyl halides is 3. The Balaban J connectivity index is 1.38. The summed E-state index contributed by atoms with van der Waals surface area (Å²) in [4.78, 5) is 48.2. The Kier molecular flexibility index (Phi) is 11.0. The number of benzodiazepines with no additional fused rings is 1. The van der Waals surface area contributed by atoms with Crippen LogP contribution in [0, 0.1) is 17.8 Å². The minimum Gasteiger partial charge on any atom is -0.369 e. The van der Waals surface area contributed by atoms with E-state index >= 15 is 0 Å². The van der Waals surface area contributed by atoms with Crippen LogP contribution in [0.25, 0.3) is 11.1 Å². The number of rotatable bonds is 12. The molecule has 52 heavy (non-hydrogen) atoms. The maximum atomic E-state index is 14.7. The number of para-hydroxylation sites is 1. The van der Waals surface area contributed by atoms with Crippen molar-refractivity contribution in [2.24, 2.45) is 28.5 Å². The molecule has 1 fully saturated rings. The lowest BCUT2D eigenvalue weighted by molar-refractivity contribution is -0.137. The summed E-state index contributed by atoms with van der Waals surface area (Å²) in [6.45, 7) is 3.87. The van der Waals surface area contributed by atoms with Gasteiger partial charge in [0.1, 0.15) is 0 Å². The Labute approximate surface area is 301 Å². The highest BCUT2D eigenvalue weighted by molar-refractivity contribution is 6.20. The molecule has 2 aliphatic rings. The van der Waals surface area contributed by atoms with Gasteiger partial charge in [-0.3, -0.25) is 14.4 Å². The maximum absolute atomic E-state index is 14.7. The molecule has 3 N–H and O–H groups in total. The molecule has 3 unspecified atom stereocenters. The van der Waals surface area contributed by atoms with Crippen molar-refractivity contribution in [2.45, 2.75) is 57.4 Å². The largest absolute Gasteiger partial charge is 0.416 e. The molecule has 0 spiro atoms. The number of carbonyl (C=O) groups is 3. The van der Waals surface area contributed by atoms with E-state index < -0.39 is 47.5 Å². The monoisotopic (exact) mass is 706 g/mol. The molecule has 6 rings (SSSR count). The number of benzene rings is 4. The van der Waals surface area contributed by atoms with Crippen molar-refractivity contribution in [3.05, 3.63) is 138 Å². The van der Waals surface area contributed by atoms with E-state index in [0.717, 1.165) is 43.4 Å². The third kappa shape index (κ3) is 8.17. The number of anilines is 1. The van der Waals surface area contributed by atoms with Crippen LogP contribution in [-0.4, -0.2) is 29.6 Å². The number of aliphatic imine (C=N–C) groups is 1. The molecule has 3 atom stereocenters. The second-order valence-corrected chi connectivity index (χ2v) is 13.5. The van der Waals surface area contributed by atoms with Gasteiger partial charge in [-0.15, -0.1) is 6.58 Å². The van der Waals surface area contributed by atoms with Gasteiger partial charge in [0.05, 0.1) is 35.3 Å². The lowest BCUT2D eigenvalue weighted by atomic mass is 9.80. The zero-order valence-electron chi connectivity index (χ0n) is 28.7. The Morgan fingerprint density at radius 3 is 2.23 bits per heavy atom. The van der Waals surface area contributed by atoms with E-state index in [0.29, 0.717) is 40.1 Å². The summed E-state index contributed by atoms with van der Waals surface area (Å²) in [5.74, 6) is -2.86. The Bertz CT molecular complexity index is 1950. The minimum absolute atomic E-state index is 0.0835.